The number of rotatable bonds is 6. The first kappa shape index (κ1) is 24.8. The number of fused-ring (bicyclic) bond motifs is 1. The van der Waals surface area contributed by atoms with E-state index in [0.717, 1.165) is 12.1 Å². The van der Waals surface area contributed by atoms with Crippen molar-refractivity contribution >= 4 is 32.9 Å². The molecule has 37 heavy (non-hydrogen) atoms. The molecule has 0 bridgehead atoms. The predicted octanol–water partition coefficient (Wildman–Crippen LogP) is 3.26. The van der Waals surface area contributed by atoms with E-state index in [-0.39, 0.29) is 23.4 Å². The van der Waals surface area contributed by atoms with Crippen LogP contribution >= 0.6 is 0 Å². The van der Waals surface area contributed by atoms with Gasteiger partial charge in [-0.05, 0) is 43.7 Å². The number of aryl methyl sites for hydroxylation is 1. The van der Waals surface area contributed by atoms with Crippen LogP contribution in [-0.4, -0.2) is 72.1 Å². The van der Waals surface area contributed by atoms with Gasteiger partial charge in [0.15, 0.2) is 15.5 Å². The number of amides is 1. The molecule has 1 unspecified atom stereocenters. The summed E-state index contributed by atoms with van der Waals surface area (Å²) in [5.74, 6) is 0.669. The molecule has 2 aromatic carbocycles. The monoisotopic (exact) mass is 518 g/mol. The van der Waals surface area contributed by atoms with Crippen LogP contribution < -0.4 is 10.2 Å². The van der Waals surface area contributed by atoms with Gasteiger partial charge in [0.2, 0.25) is 5.91 Å². The molecular formula is C27H30N6O3S. The van der Waals surface area contributed by atoms with Crippen molar-refractivity contribution in [1.82, 2.24) is 19.3 Å². The molecule has 1 saturated heterocycles. The number of hydrogen-bond acceptors (Lipinski definition) is 7. The highest BCUT2D eigenvalue weighted by molar-refractivity contribution is 7.90. The molecule has 1 amide bonds. The molecule has 5 rings (SSSR count). The van der Waals surface area contributed by atoms with E-state index >= 15 is 0 Å². The topological polar surface area (TPSA) is 99.9 Å². The smallest absolute Gasteiger partial charge is 0.242 e. The van der Waals surface area contributed by atoms with Crippen molar-refractivity contribution in [3.05, 3.63) is 72.7 Å². The largest absolute Gasteiger partial charge is 0.365 e. The van der Waals surface area contributed by atoms with Gasteiger partial charge in [0.1, 0.15) is 11.5 Å². The number of nitrogens with zero attached hydrogens (tertiary/aromatic N) is 5. The van der Waals surface area contributed by atoms with E-state index in [1.54, 1.807) is 42.9 Å². The second-order valence-electron chi connectivity index (χ2n) is 9.48. The average molecular weight is 519 g/mol. The molecule has 1 N–H and O–H groups in total. The lowest BCUT2D eigenvalue weighted by molar-refractivity contribution is -0.130. The second-order valence-corrected chi connectivity index (χ2v) is 11.5. The zero-order chi connectivity index (χ0) is 26.2. The van der Waals surface area contributed by atoms with Crippen molar-refractivity contribution in [2.75, 3.05) is 42.7 Å². The number of hydrogen-bond donors (Lipinski definition) is 1. The van der Waals surface area contributed by atoms with Gasteiger partial charge >= 0.3 is 0 Å². The van der Waals surface area contributed by atoms with Crippen molar-refractivity contribution in [2.45, 2.75) is 24.8 Å². The van der Waals surface area contributed by atoms with Crippen LogP contribution in [0.25, 0.3) is 16.9 Å². The molecule has 192 valence electrons. The Hall–Kier alpha value is -3.92. The number of carbonyl (C=O) groups excluding carboxylic acids is 1. The van der Waals surface area contributed by atoms with Crippen molar-refractivity contribution in [3.63, 3.8) is 0 Å². The fourth-order valence-corrected chi connectivity index (χ4v) is 5.41. The summed E-state index contributed by atoms with van der Waals surface area (Å²) in [6.07, 6.45) is 6.27. The Morgan fingerprint density at radius 1 is 1.14 bits per heavy atom. The highest BCUT2D eigenvalue weighted by Crippen LogP contribution is 2.29. The van der Waals surface area contributed by atoms with Crippen molar-refractivity contribution in [1.29, 1.82) is 0 Å². The summed E-state index contributed by atoms with van der Waals surface area (Å²) < 4.78 is 25.6. The van der Waals surface area contributed by atoms with Crippen LogP contribution in [0.15, 0.2) is 72.0 Å². The standard InChI is InChI=1S/C27H30N6O3S/c1-19-5-4-6-22(15-19)32-14-13-31(18-20(32)2)25(34)17-29-27-26(30-24-16-28-11-12-33(24)27)21-7-9-23(10-8-21)37(3,35)36/h4-12,15-16,20,29H,13-14,17-18H2,1-3H3. The molecule has 0 aliphatic carbocycles. The predicted molar refractivity (Wildman–Crippen MR) is 145 cm³/mol. The van der Waals surface area contributed by atoms with Gasteiger partial charge in [-0.15, -0.1) is 0 Å². The van der Waals surface area contributed by atoms with Crippen LogP contribution in [0.4, 0.5) is 11.5 Å². The number of piperazine rings is 1. The Balaban J connectivity index is 1.33. The van der Waals surface area contributed by atoms with Crippen LogP contribution in [0.1, 0.15) is 12.5 Å². The van der Waals surface area contributed by atoms with Crippen molar-refractivity contribution in [2.24, 2.45) is 0 Å². The number of nitrogens with one attached hydrogen (secondary N) is 1. The normalized spacial score (nSPS) is 16.2. The summed E-state index contributed by atoms with van der Waals surface area (Å²) in [6.45, 7) is 6.41. The van der Waals surface area contributed by atoms with E-state index in [0.29, 0.717) is 30.2 Å². The molecule has 0 saturated carbocycles. The minimum atomic E-state index is -3.30. The Labute approximate surface area is 216 Å². The van der Waals surface area contributed by atoms with Gasteiger partial charge < -0.3 is 15.1 Å². The first-order valence-electron chi connectivity index (χ1n) is 12.2. The van der Waals surface area contributed by atoms with E-state index in [9.17, 15) is 13.2 Å². The maximum absolute atomic E-state index is 13.2. The Kier molecular flexibility index (Phi) is 6.59. The average Bonchev–Trinajstić information content (AvgIpc) is 3.25. The molecule has 9 nitrogen and oxygen atoms in total. The molecular weight excluding hydrogens is 488 g/mol. The fraction of sp³-hybridized carbons (Fsp3) is 0.296. The van der Waals surface area contributed by atoms with Crippen LogP contribution in [0.3, 0.4) is 0 Å². The number of benzene rings is 2. The molecule has 0 radical (unpaired) electrons. The van der Waals surface area contributed by atoms with Gasteiger partial charge in [0.05, 0.1) is 17.6 Å². The second kappa shape index (κ2) is 9.85. The van der Waals surface area contributed by atoms with Crippen molar-refractivity contribution in [3.8, 4) is 11.3 Å². The van der Waals surface area contributed by atoms with E-state index in [2.05, 4.69) is 58.3 Å². The SMILES string of the molecule is Cc1cccc(N2CCN(C(=O)CNc3c(-c4ccc(S(C)(=O)=O)cc4)nc4cnccn34)CC2C)c1. The number of imidazole rings is 1. The Morgan fingerprint density at radius 2 is 1.92 bits per heavy atom. The van der Waals surface area contributed by atoms with E-state index < -0.39 is 9.84 Å². The van der Waals surface area contributed by atoms with Gasteiger partial charge in [-0.25, -0.2) is 13.4 Å². The zero-order valence-electron chi connectivity index (χ0n) is 21.1. The lowest BCUT2D eigenvalue weighted by Gasteiger charge is -2.41. The highest BCUT2D eigenvalue weighted by Gasteiger charge is 2.27. The quantitative estimate of drug-likeness (QED) is 0.418. The first-order valence-corrected chi connectivity index (χ1v) is 14.1. The van der Waals surface area contributed by atoms with Crippen LogP contribution in [0.5, 0.6) is 0 Å². The number of anilines is 2. The summed E-state index contributed by atoms with van der Waals surface area (Å²) in [6, 6.07) is 15.2. The van der Waals surface area contributed by atoms with E-state index in [1.165, 1.54) is 17.5 Å². The van der Waals surface area contributed by atoms with E-state index in [4.69, 9.17) is 0 Å². The number of carbonyl (C=O) groups is 1. The summed E-state index contributed by atoms with van der Waals surface area (Å²) in [5.41, 5.74) is 4.39. The molecule has 4 aromatic rings. The molecule has 1 aliphatic rings. The molecule has 1 fully saturated rings. The molecule has 2 aromatic heterocycles. The minimum absolute atomic E-state index is 0.0122. The van der Waals surface area contributed by atoms with Crippen LogP contribution in [-0.2, 0) is 14.6 Å². The minimum Gasteiger partial charge on any atom is -0.365 e. The van der Waals surface area contributed by atoms with Crippen molar-refractivity contribution < 1.29 is 13.2 Å². The zero-order valence-corrected chi connectivity index (χ0v) is 21.9. The lowest BCUT2D eigenvalue weighted by Crippen LogP contribution is -2.54. The maximum atomic E-state index is 13.2. The Bertz CT molecular complexity index is 1550. The molecule has 0 spiro atoms. The highest BCUT2D eigenvalue weighted by atomic mass is 32.2. The molecule has 3 heterocycles. The van der Waals surface area contributed by atoms with Gasteiger partial charge in [0, 0.05) is 55.6 Å². The third kappa shape index (κ3) is 5.15. The Morgan fingerprint density at radius 3 is 2.62 bits per heavy atom. The van der Waals surface area contributed by atoms with Crippen LogP contribution in [0.2, 0.25) is 0 Å². The summed E-state index contributed by atoms with van der Waals surface area (Å²) in [7, 11) is -3.30. The first-order chi connectivity index (χ1) is 17.7. The van der Waals surface area contributed by atoms with E-state index in [1.807, 2.05) is 9.30 Å². The number of aromatic nitrogens is 3. The number of sulfone groups is 1. The summed E-state index contributed by atoms with van der Waals surface area (Å²) in [4.78, 5) is 26.5. The third-order valence-electron chi connectivity index (χ3n) is 6.71. The maximum Gasteiger partial charge on any atom is 0.242 e. The van der Waals surface area contributed by atoms with Gasteiger partial charge in [-0.1, -0.05) is 24.3 Å². The molecule has 1 atom stereocenters. The van der Waals surface area contributed by atoms with Gasteiger partial charge in [-0.3, -0.25) is 14.2 Å². The summed E-state index contributed by atoms with van der Waals surface area (Å²) in [5, 5.41) is 3.29. The van der Waals surface area contributed by atoms with Gasteiger partial charge in [0.25, 0.3) is 0 Å². The summed E-state index contributed by atoms with van der Waals surface area (Å²) >= 11 is 0. The molecule has 10 heteroatoms. The lowest BCUT2D eigenvalue weighted by atomic mass is 10.1. The third-order valence-corrected chi connectivity index (χ3v) is 7.84. The fourth-order valence-electron chi connectivity index (χ4n) is 4.78. The van der Waals surface area contributed by atoms with Gasteiger partial charge in [-0.2, -0.15) is 0 Å². The molecule has 1 aliphatic heterocycles. The van der Waals surface area contributed by atoms with Crippen LogP contribution in [0, 0.1) is 6.92 Å².